The minimum atomic E-state index is -0.414. The Morgan fingerprint density at radius 2 is 1.91 bits per heavy atom. The first-order valence-electron chi connectivity index (χ1n) is 12.2. The minimum absolute atomic E-state index is 0.251. The van der Waals surface area contributed by atoms with Crippen molar-refractivity contribution in [3.8, 4) is 11.3 Å². The van der Waals surface area contributed by atoms with Gasteiger partial charge in [0.1, 0.15) is 0 Å². The number of primary amides is 1. The summed E-state index contributed by atoms with van der Waals surface area (Å²) in [6, 6.07) is 12.1. The van der Waals surface area contributed by atoms with Crippen molar-refractivity contribution < 1.29 is 9.59 Å². The standard InChI is InChI=1S/C27H34N4O2/c1-3-4-5-12-23-26(22-15-14-20-10-6-7-11-21(20)29-22)25(27(28)33)19(2)31(23)18-9-17-30-16-8-13-24(30)32/h6-7,10-11,14-15H,3-5,8-9,12-13,16-18H2,1-2H3,(H2,28,33). The van der Waals surface area contributed by atoms with E-state index in [4.69, 9.17) is 10.7 Å². The Hall–Kier alpha value is -3.15. The van der Waals surface area contributed by atoms with Gasteiger partial charge in [0.25, 0.3) is 5.91 Å². The van der Waals surface area contributed by atoms with Gasteiger partial charge in [-0.25, -0.2) is 4.98 Å². The van der Waals surface area contributed by atoms with Crippen LogP contribution in [-0.2, 0) is 17.8 Å². The highest BCUT2D eigenvalue weighted by Crippen LogP contribution is 2.34. The summed E-state index contributed by atoms with van der Waals surface area (Å²) < 4.78 is 2.25. The first kappa shape index (κ1) is 23.0. The first-order valence-corrected chi connectivity index (χ1v) is 12.2. The van der Waals surface area contributed by atoms with E-state index in [1.165, 1.54) is 0 Å². The number of aromatic nitrogens is 2. The van der Waals surface area contributed by atoms with Crippen molar-refractivity contribution >= 4 is 22.7 Å². The lowest BCUT2D eigenvalue weighted by atomic mass is 10.0. The van der Waals surface area contributed by atoms with Crippen LogP contribution in [0.15, 0.2) is 36.4 Å². The number of pyridine rings is 1. The van der Waals surface area contributed by atoms with Gasteiger partial charge in [0.2, 0.25) is 5.91 Å². The molecule has 0 unspecified atom stereocenters. The van der Waals surface area contributed by atoms with Crippen LogP contribution >= 0.6 is 0 Å². The topological polar surface area (TPSA) is 81.2 Å². The molecule has 1 saturated heterocycles. The third-order valence-electron chi connectivity index (χ3n) is 6.73. The van der Waals surface area contributed by atoms with E-state index in [0.717, 1.165) is 91.7 Å². The maximum atomic E-state index is 12.6. The van der Waals surface area contributed by atoms with Crippen molar-refractivity contribution in [2.24, 2.45) is 5.73 Å². The molecule has 3 heterocycles. The van der Waals surface area contributed by atoms with E-state index in [1.807, 2.05) is 42.2 Å². The molecule has 174 valence electrons. The van der Waals surface area contributed by atoms with Crippen molar-refractivity contribution in [3.05, 3.63) is 53.3 Å². The lowest BCUT2D eigenvalue weighted by Crippen LogP contribution is -2.26. The zero-order chi connectivity index (χ0) is 23.4. The van der Waals surface area contributed by atoms with Gasteiger partial charge in [-0.3, -0.25) is 9.59 Å². The van der Waals surface area contributed by atoms with E-state index in [0.29, 0.717) is 12.0 Å². The largest absolute Gasteiger partial charge is 0.366 e. The highest BCUT2D eigenvalue weighted by Gasteiger charge is 2.26. The average molecular weight is 447 g/mol. The minimum Gasteiger partial charge on any atom is -0.366 e. The second-order valence-electron chi connectivity index (χ2n) is 8.98. The second-order valence-corrected chi connectivity index (χ2v) is 8.98. The number of likely N-dealkylation sites (tertiary alicyclic amines) is 1. The van der Waals surface area contributed by atoms with Crippen LogP contribution < -0.4 is 5.73 Å². The molecule has 33 heavy (non-hydrogen) atoms. The molecule has 3 aromatic rings. The fourth-order valence-corrected chi connectivity index (χ4v) is 5.05. The predicted molar refractivity (Wildman–Crippen MR) is 132 cm³/mol. The molecule has 0 atom stereocenters. The molecule has 2 N–H and O–H groups in total. The molecule has 2 aromatic heterocycles. The zero-order valence-corrected chi connectivity index (χ0v) is 19.8. The number of carbonyl (C=O) groups is 2. The SMILES string of the molecule is CCCCCc1c(-c2ccc3ccccc3n2)c(C(N)=O)c(C)n1CCCN1CCCC1=O. The van der Waals surface area contributed by atoms with Gasteiger partial charge in [0.15, 0.2) is 0 Å². The molecule has 4 rings (SSSR count). The fourth-order valence-electron chi connectivity index (χ4n) is 5.05. The summed E-state index contributed by atoms with van der Waals surface area (Å²) >= 11 is 0. The van der Waals surface area contributed by atoms with Gasteiger partial charge in [-0.1, -0.05) is 44.0 Å². The van der Waals surface area contributed by atoms with Crippen LogP contribution in [0.1, 0.15) is 67.2 Å². The van der Waals surface area contributed by atoms with Gasteiger partial charge < -0.3 is 15.2 Å². The third-order valence-corrected chi connectivity index (χ3v) is 6.73. The first-order chi connectivity index (χ1) is 16.0. The average Bonchev–Trinajstić information content (AvgIpc) is 3.34. The molecule has 2 amide bonds. The maximum absolute atomic E-state index is 12.6. The lowest BCUT2D eigenvalue weighted by Gasteiger charge is -2.18. The highest BCUT2D eigenvalue weighted by molar-refractivity contribution is 6.02. The Morgan fingerprint density at radius 3 is 2.64 bits per heavy atom. The second kappa shape index (κ2) is 10.2. The van der Waals surface area contributed by atoms with Crippen molar-refractivity contribution in [3.63, 3.8) is 0 Å². The number of nitrogens with zero attached hydrogens (tertiary/aromatic N) is 3. The molecule has 6 heteroatoms. The van der Waals surface area contributed by atoms with E-state index in [9.17, 15) is 9.59 Å². The van der Waals surface area contributed by atoms with Crippen LogP contribution in [0.5, 0.6) is 0 Å². The molecule has 0 bridgehead atoms. The quantitative estimate of drug-likeness (QED) is 0.452. The number of unbranched alkanes of at least 4 members (excludes halogenated alkanes) is 2. The molecule has 1 aromatic carbocycles. The summed E-state index contributed by atoms with van der Waals surface area (Å²) in [6.45, 7) is 6.53. The van der Waals surface area contributed by atoms with Crippen molar-refractivity contribution in [1.82, 2.24) is 14.5 Å². The summed E-state index contributed by atoms with van der Waals surface area (Å²) in [5.74, 6) is -0.163. The number of hydrogen-bond donors (Lipinski definition) is 1. The summed E-state index contributed by atoms with van der Waals surface area (Å²) in [6.07, 6.45) is 6.64. The zero-order valence-electron chi connectivity index (χ0n) is 19.8. The van der Waals surface area contributed by atoms with E-state index < -0.39 is 5.91 Å². The monoisotopic (exact) mass is 446 g/mol. The number of rotatable bonds is 10. The van der Waals surface area contributed by atoms with Crippen LogP contribution in [0.4, 0.5) is 0 Å². The summed E-state index contributed by atoms with van der Waals surface area (Å²) in [7, 11) is 0. The molecule has 1 aliphatic heterocycles. The Labute approximate surface area is 195 Å². The molecule has 0 saturated carbocycles. The summed E-state index contributed by atoms with van der Waals surface area (Å²) in [5.41, 5.74) is 11.1. The van der Waals surface area contributed by atoms with E-state index in [1.54, 1.807) is 0 Å². The Bertz CT molecular complexity index is 1160. The molecular weight excluding hydrogens is 412 g/mol. The van der Waals surface area contributed by atoms with Gasteiger partial charge in [-0.15, -0.1) is 0 Å². The van der Waals surface area contributed by atoms with Crippen LogP contribution in [-0.4, -0.2) is 39.4 Å². The third kappa shape index (κ3) is 4.80. The number of para-hydroxylation sites is 1. The smallest absolute Gasteiger partial charge is 0.251 e. The number of nitrogens with two attached hydrogens (primary N) is 1. The number of amides is 2. The van der Waals surface area contributed by atoms with Gasteiger partial charge in [0, 0.05) is 48.4 Å². The molecule has 1 aliphatic rings. The summed E-state index contributed by atoms with van der Waals surface area (Å²) in [4.78, 5) is 31.5. The molecular formula is C27H34N4O2. The van der Waals surface area contributed by atoms with E-state index in [-0.39, 0.29) is 5.91 Å². The lowest BCUT2D eigenvalue weighted by molar-refractivity contribution is -0.127. The van der Waals surface area contributed by atoms with Crippen molar-refractivity contribution in [1.29, 1.82) is 0 Å². The number of fused-ring (bicyclic) bond motifs is 1. The molecule has 0 spiro atoms. The van der Waals surface area contributed by atoms with Crippen LogP contribution in [0.2, 0.25) is 0 Å². The number of hydrogen-bond acceptors (Lipinski definition) is 3. The number of carbonyl (C=O) groups excluding carboxylic acids is 2. The van der Waals surface area contributed by atoms with E-state index >= 15 is 0 Å². The van der Waals surface area contributed by atoms with Crippen LogP contribution in [0.25, 0.3) is 22.2 Å². The van der Waals surface area contributed by atoms with Gasteiger partial charge in [0.05, 0.1) is 16.8 Å². The molecule has 1 fully saturated rings. The van der Waals surface area contributed by atoms with Crippen molar-refractivity contribution in [2.45, 2.75) is 65.3 Å². The summed E-state index contributed by atoms with van der Waals surface area (Å²) in [5, 5.41) is 1.07. The van der Waals surface area contributed by atoms with Crippen molar-refractivity contribution in [2.75, 3.05) is 13.1 Å². The fraction of sp³-hybridized carbons (Fsp3) is 0.444. The normalized spacial score (nSPS) is 13.9. The van der Waals surface area contributed by atoms with Gasteiger partial charge in [-0.2, -0.15) is 0 Å². The van der Waals surface area contributed by atoms with Crippen LogP contribution in [0, 0.1) is 6.92 Å². The molecule has 6 nitrogen and oxygen atoms in total. The van der Waals surface area contributed by atoms with Gasteiger partial charge >= 0.3 is 0 Å². The highest BCUT2D eigenvalue weighted by atomic mass is 16.2. The predicted octanol–water partition coefficient (Wildman–Crippen LogP) is 4.86. The Balaban J connectivity index is 1.74. The van der Waals surface area contributed by atoms with Crippen LogP contribution in [0.3, 0.4) is 0 Å². The van der Waals surface area contributed by atoms with E-state index in [2.05, 4.69) is 17.6 Å². The Kier molecular flexibility index (Phi) is 7.11. The molecule has 0 aliphatic carbocycles. The Morgan fingerprint density at radius 1 is 1.09 bits per heavy atom. The maximum Gasteiger partial charge on any atom is 0.251 e. The molecule has 0 radical (unpaired) electrons. The number of benzene rings is 1. The van der Waals surface area contributed by atoms with Gasteiger partial charge in [-0.05, 0) is 44.7 Å².